The molecule has 7 rings (SSSR count). The minimum atomic E-state index is -1.74. The molecule has 1 spiro atoms. The Hall–Kier alpha value is -2.41. The van der Waals surface area contributed by atoms with E-state index in [9.17, 15) is 20.1 Å². The Balaban J connectivity index is 1.40. The SMILES string of the molecule is O=C1[C@@H]2Oc3c(O)ccc4c3[C@@]23CCN(CC2CC2)[C@H](C4)[C@]3(O)C[C@]1(O)Cc1ccccc1. The Morgan fingerprint density at radius 2 is 1.88 bits per heavy atom. The normalized spacial score (nSPS) is 38.7. The quantitative estimate of drug-likeness (QED) is 0.665. The summed E-state index contributed by atoms with van der Waals surface area (Å²) in [6.45, 7) is 1.72. The summed E-state index contributed by atoms with van der Waals surface area (Å²) in [5, 5.41) is 35.1. The first-order chi connectivity index (χ1) is 15.9. The molecule has 0 amide bonds. The minimum absolute atomic E-state index is 0.00173. The van der Waals surface area contributed by atoms with Crippen molar-refractivity contribution in [1.82, 2.24) is 4.90 Å². The lowest BCUT2D eigenvalue weighted by atomic mass is 9.46. The Morgan fingerprint density at radius 1 is 1.09 bits per heavy atom. The highest BCUT2D eigenvalue weighted by molar-refractivity contribution is 5.97. The molecule has 0 radical (unpaired) electrons. The summed E-state index contributed by atoms with van der Waals surface area (Å²) in [5.74, 6) is 0.609. The van der Waals surface area contributed by atoms with Crippen LogP contribution >= 0.6 is 0 Å². The number of ether oxygens (including phenoxy) is 1. The second-order valence-corrected chi connectivity index (χ2v) is 11.0. The zero-order chi connectivity index (χ0) is 22.6. The lowest BCUT2D eigenvalue weighted by Crippen LogP contribution is -2.81. The van der Waals surface area contributed by atoms with E-state index in [4.69, 9.17) is 4.74 Å². The van der Waals surface area contributed by atoms with Crippen molar-refractivity contribution in [3.8, 4) is 11.5 Å². The third-order valence-corrected chi connectivity index (χ3v) is 9.11. The van der Waals surface area contributed by atoms with E-state index in [-0.39, 0.29) is 30.4 Å². The van der Waals surface area contributed by atoms with Crippen molar-refractivity contribution in [3.05, 3.63) is 59.2 Å². The first kappa shape index (κ1) is 20.0. The fourth-order valence-corrected chi connectivity index (χ4v) is 7.50. The third kappa shape index (κ3) is 2.47. The highest BCUT2D eigenvalue weighted by Gasteiger charge is 2.77. The molecule has 2 aromatic rings. The van der Waals surface area contributed by atoms with Gasteiger partial charge in [0.2, 0.25) is 5.78 Å². The average molecular weight is 448 g/mol. The molecule has 3 N–H and O–H groups in total. The van der Waals surface area contributed by atoms with E-state index >= 15 is 0 Å². The number of carbonyl (C=O) groups excluding carboxylic acids is 1. The van der Waals surface area contributed by atoms with Crippen molar-refractivity contribution in [2.45, 2.75) is 67.3 Å². The molecular formula is C27H29NO5. The molecule has 0 aromatic heterocycles. The molecule has 172 valence electrons. The molecule has 3 fully saturated rings. The number of Topliss-reactive ketones (excluding diaryl/α,β-unsaturated/α-hetero) is 1. The van der Waals surface area contributed by atoms with Crippen LogP contribution in [0.2, 0.25) is 0 Å². The molecule has 1 saturated heterocycles. The lowest BCUT2D eigenvalue weighted by molar-refractivity contribution is -0.222. The highest BCUT2D eigenvalue weighted by atomic mass is 16.5. The largest absolute Gasteiger partial charge is 0.504 e. The summed E-state index contributed by atoms with van der Waals surface area (Å²) in [6.07, 6.45) is 2.77. The summed E-state index contributed by atoms with van der Waals surface area (Å²) in [6, 6.07) is 12.8. The van der Waals surface area contributed by atoms with Gasteiger partial charge in [0.25, 0.3) is 0 Å². The Kier molecular flexibility index (Phi) is 3.87. The Morgan fingerprint density at radius 3 is 2.64 bits per heavy atom. The van der Waals surface area contributed by atoms with Gasteiger partial charge in [-0.15, -0.1) is 0 Å². The van der Waals surface area contributed by atoms with E-state index in [1.165, 1.54) is 12.8 Å². The highest BCUT2D eigenvalue weighted by Crippen LogP contribution is 2.66. The van der Waals surface area contributed by atoms with Gasteiger partial charge in [-0.25, -0.2) is 0 Å². The van der Waals surface area contributed by atoms with E-state index in [0.717, 1.165) is 29.8 Å². The summed E-state index contributed by atoms with van der Waals surface area (Å²) < 4.78 is 6.21. The number of rotatable bonds is 4. The fraction of sp³-hybridized carbons (Fsp3) is 0.519. The molecule has 5 atom stereocenters. The van der Waals surface area contributed by atoms with Gasteiger partial charge < -0.3 is 20.1 Å². The van der Waals surface area contributed by atoms with E-state index in [1.807, 2.05) is 36.4 Å². The van der Waals surface area contributed by atoms with Crippen LogP contribution in [0.5, 0.6) is 11.5 Å². The van der Waals surface area contributed by atoms with Gasteiger partial charge in [0, 0.05) is 31.0 Å². The number of nitrogens with zero attached hydrogens (tertiary/aromatic N) is 1. The molecule has 2 bridgehead atoms. The van der Waals surface area contributed by atoms with Gasteiger partial charge in [-0.05, 0) is 55.3 Å². The van der Waals surface area contributed by atoms with E-state index in [0.29, 0.717) is 24.5 Å². The number of aliphatic hydroxyl groups is 2. The van der Waals surface area contributed by atoms with Crippen LogP contribution in [0.3, 0.4) is 0 Å². The van der Waals surface area contributed by atoms with E-state index in [1.54, 1.807) is 6.07 Å². The topological polar surface area (TPSA) is 90.2 Å². The van der Waals surface area contributed by atoms with Gasteiger partial charge in [0.15, 0.2) is 17.6 Å². The smallest absolute Gasteiger partial charge is 0.206 e. The van der Waals surface area contributed by atoms with Crippen LogP contribution in [0.15, 0.2) is 42.5 Å². The summed E-state index contributed by atoms with van der Waals surface area (Å²) in [4.78, 5) is 16.3. The number of carbonyl (C=O) groups is 1. The summed E-state index contributed by atoms with van der Waals surface area (Å²) >= 11 is 0. The average Bonchev–Trinajstić information content (AvgIpc) is 3.53. The van der Waals surface area contributed by atoms with E-state index < -0.39 is 22.7 Å². The molecule has 6 heteroatoms. The molecule has 3 aliphatic carbocycles. The molecule has 2 aromatic carbocycles. The predicted molar refractivity (Wildman–Crippen MR) is 120 cm³/mol. The first-order valence-electron chi connectivity index (χ1n) is 12.1. The zero-order valence-corrected chi connectivity index (χ0v) is 18.5. The van der Waals surface area contributed by atoms with Crippen molar-refractivity contribution in [2.75, 3.05) is 13.1 Å². The monoisotopic (exact) mass is 447 g/mol. The number of phenolic OH excluding ortho intramolecular Hbond substituents is 1. The maximum atomic E-state index is 13.9. The number of likely N-dealkylation sites (tertiary alicyclic amines) is 1. The maximum absolute atomic E-state index is 13.9. The van der Waals surface area contributed by atoms with Crippen LogP contribution < -0.4 is 4.74 Å². The standard InChI is InChI=1S/C27H29NO5/c29-19-9-8-18-12-20-27(32)15-25(31,13-16-4-2-1-3-5-16)23(30)24-26(27,21(18)22(19)33-24)10-11-28(20)14-17-6-7-17/h1-5,8-9,17,20,24,29,31-32H,6-7,10-15H2/t20-,24+,25-,26+,27-/m1/s1. The van der Waals surface area contributed by atoms with Crippen LogP contribution in [0.1, 0.15) is 42.4 Å². The molecule has 2 saturated carbocycles. The molecular weight excluding hydrogens is 418 g/mol. The van der Waals surface area contributed by atoms with Gasteiger partial charge in [-0.3, -0.25) is 9.69 Å². The Bertz CT molecular complexity index is 1160. The number of hydrogen-bond acceptors (Lipinski definition) is 6. The fourth-order valence-electron chi connectivity index (χ4n) is 7.50. The van der Waals surface area contributed by atoms with Crippen LogP contribution in [-0.2, 0) is 23.1 Å². The molecule has 0 unspecified atom stereocenters. The van der Waals surface area contributed by atoms with Gasteiger partial charge in [0.05, 0.1) is 11.0 Å². The van der Waals surface area contributed by atoms with Gasteiger partial charge in [-0.1, -0.05) is 36.4 Å². The van der Waals surface area contributed by atoms with Crippen molar-refractivity contribution in [1.29, 1.82) is 0 Å². The van der Waals surface area contributed by atoms with Crippen molar-refractivity contribution >= 4 is 5.78 Å². The first-order valence-corrected chi connectivity index (χ1v) is 12.1. The van der Waals surface area contributed by atoms with Crippen LogP contribution in [0.25, 0.3) is 0 Å². The van der Waals surface area contributed by atoms with Crippen LogP contribution in [0, 0.1) is 5.92 Å². The number of hydrogen-bond donors (Lipinski definition) is 3. The summed E-state index contributed by atoms with van der Waals surface area (Å²) in [5.41, 5.74) is -1.30. The predicted octanol–water partition coefficient (Wildman–Crippen LogP) is 2.11. The number of benzene rings is 2. The van der Waals surface area contributed by atoms with Crippen LogP contribution in [-0.4, -0.2) is 62.4 Å². The number of piperidine rings is 1. The lowest BCUT2D eigenvalue weighted by Gasteiger charge is -2.64. The van der Waals surface area contributed by atoms with E-state index in [2.05, 4.69) is 4.90 Å². The second-order valence-electron chi connectivity index (χ2n) is 11.0. The maximum Gasteiger partial charge on any atom is 0.206 e. The van der Waals surface area contributed by atoms with Crippen LogP contribution in [0.4, 0.5) is 0 Å². The second kappa shape index (κ2) is 6.38. The van der Waals surface area contributed by atoms with Gasteiger partial charge in [-0.2, -0.15) is 0 Å². The van der Waals surface area contributed by atoms with Crippen molar-refractivity contribution in [3.63, 3.8) is 0 Å². The third-order valence-electron chi connectivity index (χ3n) is 9.11. The minimum Gasteiger partial charge on any atom is -0.504 e. The number of ketones is 1. The number of aromatic hydroxyl groups is 1. The van der Waals surface area contributed by atoms with Gasteiger partial charge >= 0.3 is 0 Å². The molecule has 2 heterocycles. The number of phenols is 1. The summed E-state index contributed by atoms with van der Waals surface area (Å²) in [7, 11) is 0. The Labute approximate surface area is 192 Å². The van der Waals surface area contributed by atoms with Crippen molar-refractivity contribution in [2.24, 2.45) is 5.92 Å². The van der Waals surface area contributed by atoms with Gasteiger partial charge in [0.1, 0.15) is 5.60 Å². The molecule has 5 aliphatic rings. The zero-order valence-electron chi connectivity index (χ0n) is 18.5. The molecule has 33 heavy (non-hydrogen) atoms. The molecule has 6 nitrogen and oxygen atoms in total. The molecule has 2 aliphatic heterocycles. The van der Waals surface area contributed by atoms with Crippen molar-refractivity contribution < 1.29 is 24.9 Å².